The van der Waals surface area contributed by atoms with Gasteiger partial charge in [0.25, 0.3) is 0 Å². The first kappa shape index (κ1) is 12.7. The molecule has 2 rings (SSSR count). The van der Waals surface area contributed by atoms with Crippen molar-refractivity contribution in [3.63, 3.8) is 0 Å². The molecule has 0 saturated carbocycles. The molecule has 18 heavy (non-hydrogen) atoms. The second-order valence-electron chi connectivity index (χ2n) is 3.91. The van der Waals surface area contributed by atoms with Crippen molar-refractivity contribution >= 4 is 16.3 Å². The lowest BCUT2D eigenvalue weighted by Crippen LogP contribution is -2.18. The van der Waals surface area contributed by atoms with Crippen molar-refractivity contribution in [3.05, 3.63) is 57.2 Å². The number of pyridine rings is 1. The van der Waals surface area contributed by atoms with Gasteiger partial charge in [-0.05, 0) is 24.6 Å². The minimum absolute atomic E-state index is 0.116. The summed E-state index contributed by atoms with van der Waals surface area (Å²) in [4.78, 5) is 14.5. The summed E-state index contributed by atoms with van der Waals surface area (Å²) in [7, 11) is 0. The molecule has 0 aliphatic carbocycles. The lowest BCUT2D eigenvalue weighted by Gasteiger charge is -2.12. The highest BCUT2D eigenvalue weighted by Crippen LogP contribution is 2.22. The van der Waals surface area contributed by atoms with Crippen LogP contribution in [0.15, 0.2) is 35.8 Å². The molecule has 2 heterocycles. The SMILES string of the molecule is C[C@H](NCc1csc([N+](=O)[O-])c1)c1ccccn1. The highest BCUT2D eigenvalue weighted by molar-refractivity contribution is 7.13. The van der Waals surface area contributed by atoms with Crippen LogP contribution in [-0.2, 0) is 6.54 Å². The summed E-state index contributed by atoms with van der Waals surface area (Å²) < 4.78 is 0. The lowest BCUT2D eigenvalue weighted by atomic mass is 10.2. The molecule has 1 atom stereocenters. The summed E-state index contributed by atoms with van der Waals surface area (Å²) in [6.07, 6.45) is 1.75. The number of aromatic nitrogens is 1. The topological polar surface area (TPSA) is 68.1 Å². The van der Waals surface area contributed by atoms with Gasteiger partial charge < -0.3 is 5.32 Å². The van der Waals surface area contributed by atoms with E-state index in [0.717, 1.165) is 22.6 Å². The molecule has 94 valence electrons. The third-order valence-corrected chi connectivity index (χ3v) is 3.49. The Kier molecular flexibility index (Phi) is 4.01. The normalized spacial score (nSPS) is 12.3. The maximum Gasteiger partial charge on any atom is 0.324 e. The summed E-state index contributed by atoms with van der Waals surface area (Å²) >= 11 is 1.15. The molecule has 0 aliphatic heterocycles. The molecule has 6 heteroatoms. The average Bonchev–Trinajstić information content (AvgIpc) is 2.86. The van der Waals surface area contributed by atoms with Crippen LogP contribution in [0, 0.1) is 10.1 Å². The number of thiophene rings is 1. The molecular weight excluding hydrogens is 250 g/mol. The van der Waals surface area contributed by atoms with Gasteiger partial charge in [0.2, 0.25) is 0 Å². The molecule has 1 N–H and O–H groups in total. The fourth-order valence-electron chi connectivity index (χ4n) is 1.56. The minimum Gasteiger partial charge on any atom is -0.305 e. The van der Waals surface area contributed by atoms with Crippen LogP contribution in [0.25, 0.3) is 0 Å². The molecule has 0 aromatic carbocycles. The van der Waals surface area contributed by atoms with Crippen molar-refractivity contribution in [2.24, 2.45) is 0 Å². The van der Waals surface area contributed by atoms with Gasteiger partial charge in [0, 0.05) is 30.2 Å². The first-order valence-electron chi connectivity index (χ1n) is 5.53. The van der Waals surface area contributed by atoms with Crippen molar-refractivity contribution in [1.29, 1.82) is 0 Å². The zero-order valence-electron chi connectivity index (χ0n) is 9.87. The Morgan fingerprint density at radius 1 is 1.56 bits per heavy atom. The van der Waals surface area contributed by atoms with Crippen molar-refractivity contribution in [2.75, 3.05) is 0 Å². The number of rotatable bonds is 5. The summed E-state index contributed by atoms with van der Waals surface area (Å²) in [5.41, 5.74) is 1.89. The number of hydrogen-bond donors (Lipinski definition) is 1. The first-order valence-corrected chi connectivity index (χ1v) is 6.41. The van der Waals surface area contributed by atoms with Crippen molar-refractivity contribution in [3.8, 4) is 0 Å². The molecule has 0 saturated heterocycles. The van der Waals surface area contributed by atoms with Crippen LogP contribution in [0.3, 0.4) is 0 Å². The Labute approximate surface area is 109 Å². The van der Waals surface area contributed by atoms with E-state index < -0.39 is 0 Å². The van der Waals surface area contributed by atoms with Crippen molar-refractivity contribution in [1.82, 2.24) is 10.3 Å². The highest BCUT2D eigenvalue weighted by atomic mass is 32.1. The summed E-state index contributed by atoms with van der Waals surface area (Å²) in [6.45, 7) is 2.62. The third-order valence-electron chi connectivity index (χ3n) is 2.56. The van der Waals surface area contributed by atoms with Gasteiger partial charge in [-0.3, -0.25) is 15.1 Å². The third kappa shape index (κ3) is 3.12. The molecule has 0 fully saturated rings. The second kappa shape index (κ2) is 5.70. The van der Waals surface area contributed by atoms with E-state index in [1.165, 1.54) is 0 Å². The molecular formula is C12H13N3O2S. The van der Waals surface area contributed by atoms with E-state index in [9.17, 15) is 10.1 Å². The van der Waals surface area contributed by atoms with Crippen LogP contribution in [0.5, 0.6) is 0 Å². The molecule has 2 aromatic rings. The van der Waals surface area contributed by atoms with Crippen molar-refractivity contribution in [2.45, 2.75) is 19.5 Å². The number of nitrogens with one attached hydrogen (secondary N) is 1. The highest BCUT2D eigenvalue weighted by Gasteiger charge is 2.11. The Hall–Kier alpha value is -1.79. The fraction of sp³-hybridized carbons (Fsp3) is 0.250. The first-order chi connectivity index (χ1) is 8.66. The van der Waals surface area contributed by atoms with Crippen molar-refractivity contribution < 1.29 is 4.92 Å². The quantitative estimate of drug-likeness (QED) is 0.665. The van der Waals surface area contributed by atoms with E-state index in [-0.39, 0.29) is 16.0 Å². The Morgan fingerprint density at radius 3 is 3.00 bits per heavy atom. The van der Waals surface area contributed by atoms with Crippen LogP contribution in [0.1, 0.15) is 24.2 Å². The zero-order valence-corrected chi connectivity index (χ0v) is 10.7. The van der Waals surface area contributed by atoms with Gasteiger partial charge in [0.05, 0.1) is 10.6 Å². The largest absolute Gasteiger partial charge is 0.324 e. The van der Waals surface area contributed by atoms with Crippen LogP contribution in [0.4, 0.5) is 5.00 Å². The monoisotopic (exact) mass is 263 g/mol. The van der Waals surface area contributed by atoms with Gasteiger partial charge in [-0.15, -0.1) is 0 Å². The van der Waals surface area contributed by atoms with Gasteiger partial charge in [0.1, 0.15) is 0 Å². The molecule has 0 unspecified atom stereocenters. The molecule has 0 amide bonds. The average molecular weight is 263 g/mol. The van der Waals surface area contributed by atoms with E-state index in [0.29, 0.717) is 6.54 Å². The number of hydrogen-bond acceptors (Lipinski definition) is 5. The second-order valence-corrected chi connectivity index (χ2v) is 4.80. The Bertz CT molecular complexity index is 527. The van der Waals surface area contributed by atoms with Gasteiger partial charge in [-0.25, -0.2) is 0 Å². The van der Waals surface area contributed by atoms with E-state index in [2.05, 4.69) is 10.3 Å². The van der Waals surface area contributed by atoms with Gasteiger partial charge in [-0.1, -0.05) is 17.4 Å². The Balaban J connectivity index is 1.93. The summed E-state index contributed by atoms with van der Waals surface area (Å²) in [6, 6.07) is 7.48. The van der Waals surface area contributed by atoms with E-state index in [4.69, 9.17) is 0 Å². The maximum atomic E-state index is 10.6. The summed E-state index contributed by atoms with van der Waals surface area (Å²) in [5, 5.41) is 15.8. The van der Waals surface area contributed by atoms with E-state index in [1.54, 1.807) is 17.6 Å². The van der Waals surface area contributed by atoms with Crippen LogP contribution in [-0.4, -0.2) is 9.91 Å². The van der Waals surface area contributed by atoms with Crippen LogP contribution in [0.2, 0.25) is 0 Å². The van der Waals surface area contributed by atoms with E-state index >= 15 is 0 Å². The number of nitro groups is 1. The lowest BCUT2D eigenvalue weighted by molar-refractivity contribution is -0.380. The molecule has 2 aromatic heterocycles. The maximum absolute atomic E-state index is 10.6. The molecule has 0 bridgehead atoms. The van der Waals surface area contributed by atoms with E-state index in [1.807, 2.05) is 25.1 Å². The fourth-order valence-corrected chi connectivity index (χ4v) is 2.29. The van der Waals surface area contributed by atoms with Crippen LogP contribution < -0.4 is 5.32 Å². The summed E-state index contributed by atoms with van der Waals surface area (Å²) in [5.74, 6) is 0. The predicted octanol–water partition coefficient (Wildman–Crippen LogP) is 2.90. The van der Waals surface area contributed by atoms with Crippen LogP contribution >= 0.6 is 11.3 Å². The molecule has 5 nitrogen and oxygen atoms in total. The van der Waals surface area contributed by atoms with Gasteiger partial charge in [-0.2, -0.15) is 0 Å². The van der Waals surface area contributed by atoms with Gasteiger partial charge >= 0.3 is 5.00 Å². The predicted molar refractivity (Wildman–Crippen MR) is 70.5 cm³/mol. The minimum atomic E-state index is -0.365. The number of nitrogens with zero attached hydrogens (tertiary/aromatic N) is 2. The molecule has 0 spiro atoms. The smallest absolute Gasteiger partial charge is 0.305 e. The molecule has 0 radical (unpaired) electrons. The Morgan fingerprint density at radius 2 is 2.39 bits per heavy atom. The standard InChI is InChI=1S/C12H13N3O2S/c1-9(11-4-2-3-5-13-11)14-7-10-6-12(15(16)17)18-8-10/h2-6,8-9,14H,7H2,1H3/t9-/m0/s1. The van der Waals surface area contributed by atoms with Gasteiger partial charge in [0.15, 0.2) is 0 Å². The zero-order chi connectivity index (χ0) is 13.0. The molecule has 0 aliphatic rings.